The van der Waals surface area contributed by atoms with Crippen LogP contribution in [0, 0.1) is 6.92 Å². The lowest BCUT2D eigenvalue weighted by atomic mass is 9.95. The second-order valence-electron chi connectivity index (χ2n) is 5.11. The van der Waals surface area contributed by atoms with Crippen LogP contribution in [0.4, 0.5) is 0 Å². The van der Waals surface area contributed by atoms with Gasteiger partial charge in [0.05, 0.1) is 5.75 Å². The predicted octanol–water partition coefficient (Wildman–Crippen LogP) is 2.51. The number of likely N-dealkylation sites (N-methyl/N-ethyl adjacent to an activating group) is 1. The number of aryl methyl sites for hydroxylation is 1. The summed E-state index contributed by atoms with van der Waals surface area (Å²) < 4.78 is 23.6. The smallest absolute Gasteiger partial charge is 0.150 e. The van der Waals surface area contributed by atoms with Crippen LogP contribution in [0.25, 0.3) is 0 Å². The first-order valence-corrected chi connectivity index (χ1v) is 8.72. The summed E-state index contributed by atoms with van der Waals surface area (Å²) in [5.74, 6) is 0.838. The highest BCUT2D eigenvalue weighted by atomic mass is 32.2. The Morgan fingerprint density at radius 3 is 2.58 bits per heavy atom. The minimum atomic E-state index is -2.89. The van der Waals surface area contributed by atoms with Crippen LogP contribution in [-0.2, 0) is 9.84 Å². The Balaban J connectivity index is 2.74. The quantitative estimate of drug-likeness (QED) is 0.797. The van der Waals surface area contributed by atoms with E-state index in [1.54, 1.807) is 0 Å². The molecule has 0 heterocycles. The highest BCUT2D eigenvalue weighted by molar-refractivity contribution is 7.91. The Kier molecular flexibility index (Phi) is 6.52. The van der Waals surface area contributed by atoms with Crippen LogP contribution in [-0.4, -0.2) is 33.5 Å². The third-order valence-electron chi connectivity index (χ3n) is 3.26. The first-order chi connectivity index (χ1) is 8.98. The lowest BCUT2D eigenvalue weighted by Gasteiger charge is -2.17. The fourth-order valence-electron chi connectivity index (χ4n) is 2.29. The Labute approximate surface area is 117 Å². The molecule has 1 atom stereocenters. The van der Waals surface area contributed by atoms with Crippen LogP contribution in [0.1, 0.15) is 36.8 Å². The molecule has 0 saturated heterocycles. The molecule has 1 aromatic carbocycles. The van der Waals surface area contributed by atoms with E-state index in [-0.39, 0.29) is 11.7 Å². The second kappa shape index (κ2) is 7.65. The number of sulfone groups is 1. The maximum Gasteiger partial charge on any atom is 0.150 e. The van der Waals surface area contributed by atoms with Crippen LogP contribution in [0.3, 0.4) is 0 Å². The SMILES string of the molecule is CCCS(=O)(=O)CCC(CNC)c1cccc(C)c1. The van der Waals surface area contributed by atoms with Crippen LogP contribution < -0.4 is 5.32 Å². The van der Waals surface area contributed by atoms with E-state index in [2.05, 4.69) is 30.4 Å². The Morgan fingerprint density at radius 2 is 2.00 bits per heavy atom. The van der Waals surface area contributed by atoms with Crippen molar-refractivity contribution in [3.8, 4) is 0 Å². The molecule has 4 heteroatoms. The van der Waals surface area contributed by atoms with Gasteiger partial charge in [0.1, 0.15) is 9.84 Å². The van der Waals surface area contributed by atoms with E-state index in [1.807, 2.05) is 20.0 Å². The van der Waals surface area contributed by atoms with Crippen molar-refractivity contribution < 1.29 is 8.42 Å². The zero-order valence-electron chi connectivity index (χ0n) is 12.1. The summed E-state index contributed by atoms with van der Waals surface area (Å²) in [6, 6.07) is 8.33. The standard InChI is InChI=1S/C15H25NO2S/c1-4-9-19(17,18)10-8-15(12-16-3)14-7-5-6-13(2)11-14/h5-7,11,15-16H,4,8-10,12H2,1-3H3. The molecule has 0 aliphatic heterocycles. The van der Waals surface area contributed by atoms with E-state index in [4.69, 9.17) is 0 Å². The van der Waals surface area contributed by atoms with Crippen molar-refractivity contribution in [2.75, 3.05) is 25.1 Å². The molecule has 3 nitrogen and oxygen atoms in total. The lowest BCUT2D eigenvalue weighted by molar-refractivity contribution is 0.573. The van der Waals surface area contributed by atoms with Gasteiger partial charge in [-0.25, -0.2) is 8.42 Å². The molecule has 0 aromatic heterocycles. The molecule has 0 bridgehead atoms. The third kappa shape index (κ3) is 5.74. The van der Waals surface area contributed by atoms with Crippen molar-refractivity contribution in [1.29, 1.82) is 0 Å². The molecule has 1 unspecified atom stereocenters. The highest BCUT2D eigenvalue weighted by Crippen LogP contribution is 2.21. The van der Waals surface area contributed by atoms with Gasteiger partial charge in [-0.15, -0.1) is 0 Å². The van der Waals surface area contributed by atoms with E-state index in [9.17, 15) is 8.42 Å². The minimum absolute atomic E-state index is 0.261. The summed E-state index contributed by atoms with van der Waals surface area (Å²) in [4.78, 5) is 0. The van der Waals surface area contributed by atoms with Crippen molar-refractivity contribution in [2.45, 2.75) is 32.6 Å². The summed E-state index contributed by atoms with van der Waals surface area (Å²) in [7, 11) is -0.985. The summed E-state index contributed by atoms with van der Waals surface area (Å²) in [5.41, 5.74) is 2.44. The van der Waals surface area contributed by atoms with Crippen molar-refractivity contribution in [2.24, 2.45) is 0 Å². The van der Waals surface area contributed by atoms with Crippen LogP contribution in [0.2, 0.25) is 0 Å². The lowest BCUT2D eigenvalue weighted by Crippen LogP contribution is -2.21. The molecule has 108 valence electrons. The van der Waals surface area contributed by atoms with Crippen molar-refractivity contribution >= 4 is 9.84 Å². The number of hydrogen-bond donors (Lipinski definition) is 1. The van der Waals surface area contributed by atoms with Gasteiger partial charge in [-0.05, 0) is 38.3 Å². The largest absolute Gasteiger partial charge is 0.319 e. The molecule has 0 spiro atoms. The van der Waals surface area contributed by atoms with E-state index in [0.717, 1.165) is 6.54 Å². The zero-order chi connectivity index (χ0) is 14.3. The van der Waals surface area contributed by atoms with Crippen molar-refractivity contribution in [3.05, 3.63) is 35.4 Å². The third-order valence-corrected chi connectivity index (χ3v) is 5.14. The summed E-state index contributed by atoms with van der Waals surface area (Å²) in [5, 5.41) is 3.16. The first kappa shape index (κ1) is 16.2. The van der Waals surface area contributed by atoms with Crippen LogP contribution in [0.5, 0.6) is 0 Å². The van der Waals surface area contributed by atoms with Crippen molar-refractivity contribution in [1.82, 2.24) is 5.32 Å². The molecule has 0 fully saturated rings. The zero-order valence-corrected chi connectivity index (χ0v) is 13.0. The number of rotatable bonds is 8. The van der Waals surface area contributed by atoms with Gasteiger partial charge in [-0.2, -0.15) is 0 Å². The molecule has 19 heavy (non-hydrogen) atoms. The highest BCUT2D eigenvalue weighted by Gasteiger charge is 2.16. The molecule has 1 aromatic rings. The number of nitrogens with one attached hydrogen (secondary N) is 1. The summed E-state index contributed by atoms with van der Waals surface area (Å²) in [6.07, 6.45) is 1.39. The molecule has 0 aliphatic carbocycles. The molecule has 0 aliphatic rings. The van der Waals surface area contributed by atoms with Gasteiger partial charge in [-0.3, -0.25) is 0 Å². The molecular formula is C15H25NO2S. The van der Waals surface area contributed by atoms with Gasteiger partial charge < -0.3 is 5.32 Å². The summed E-state index contributed by atoms with van der Waals surface area (Å²) >= 11 is 0. The van der Waals surface area contributed by atoms with Gasteiger partial charge in [-0.1, -0.05) is 36.8 Å². The van der Waals surface area contributed by atoms with Gasteiger partial charge in [0, 0.05) is 12.3 Å². The molecular weight excluding hydrogens is 258 g/mol. The average molecular weight is 283 g/mol. The molecule has 0 radical (unpaired) electrons. The molecule has 0 amide bonds. The molecule has 1 rings (SSSR count). The fraction of sp³-hybridized carbons (Fsp3) is 0.600. The maximum absolute atomic E-state index is 11.8. The van der Waals surface area contributed by atoms with E-state index >= 15 is 0 Å². The van der Waals surface area contributed by atoms with Crippen LogP contribution >= 0.6 is 0 Å². The maximum atomic E-state index is 11.8. The van der Waals surface area contributed by atoms with Gasteiger partial charge >= 0.3 is 0 Å². The molecule has 0 saturated carbocycles. The molecule has 1 N–H and O–H groups in total. The normalized spacial score (nSPS) is 13.4. The Bertz CT molecular complexity index is 483. The van der Waals surface area contributed by atoms with E-state index in [1.165, 1.54) is 11.1 Å². The number of benzene rings is 1. The van der Waals surface area contributed by atoms with Gasteiger partial charge in [0.25, 0.3) is 0 Å². The Hall–Kier alpha value is -0.870. The first-order valence-electron chi connectivity index (χ1n) is 6.90. The van der Waals surface area contributed by atoms with Crippen molar-refractivity contribution in [3.63, 3.8) is 0 Å². The monoisotopic (exact) mass is 283 g/mol. The predicted molar refractivity (Wildman–Crippen MR) is 81.4 cm³/mol. The van der Waals surface area contributed by atoms with Crippen LogP contribution in [0.15, 0.2) is 24.3 Å². The minimum Gasteiger partial charge on any atom is -0.319 e. The van der Waals surface area contributed by atoms with E-state index in [0.29, 0.717) is 18.6 Å². The average Bonchev–Trinajstić information content (AvgIpc) is 2.34. The van der Waals surface area contributed by atoms with E-state index < -0.39 is 9.84 Å². The van der Waals surface area contributed by atoms with Gasteiger partial charge in [0.15, 0.2) is 0 Å². The second-order valence-corrected chi connectivity index (χ2v) is 7.41. The Morgan fingerprint density at radius 1 is 1.26 bits per heavy atom. The number of hydrogen-bond acceptors (Lipinski definition) is 3. The van der Waals surface area contributed by atoms with Gasteiger partial charge in [0.2, 0.25) is 0 Å². The summed E-state index contributed by atoms with van der Waals surface area (Å²) in [6.45, 7) is 4.78. The topological polar surface area (TPSA) is 46.2 Å². The fourth-order valence-corrected chi connectivity index (χ4v) is 3.76.